The van der Waals surface area contributed by atoms with Crippen molar-refractivity contribution in [3.05, 3.63) is 95.1 Å². The standard InChI is InChI=1S/C41H53N3O6/c45-29-30-16-18-32(19-17-30)38-25-37(28-44-22-8-13-36(44)27-43-20-4-5-21-43)49-41(50-38)35-12-7-11-34(24-35)33-10-6-9-31(23-33)26-42-39(46)14-2-1-3-15-40(47)48/h6-7,9-12,16-19,23-24,36-38,41,45H,1-5,8,13-15,20-22,25-29H2,(H,42,46)(H,47,48)/t36-,37-,38+,41+/m0/s1. The third-order valence-electron chi connectivity index (χ3n) is 10.4. The van der Waals surface area contributed by atoms with Crippen LogP contribution in [0.2, 0.25) is 0 Å². The minimum atomic E-state index is -0.795. The summed E-state index contributed by atoms with van der Waals surface area (Å²) in [4.78, 5) is 28.4. The van der Waals surface area contributed by atoms with Crippen LogP contribution in [0.5, 0.6) is 0 Å². The zero-order valence-electron chi connectivity index (χ0n) is 29.2. The molecule has 3 heterocycles. The highest BCUT2D eigenvalue weighted by Gasteiger charge is 2.36. The van der Waals surface area contributed by atoms with E-state index in [2.05, 4.69) is 63.6 Å². The summed E-state index contributed by atoms with van der Waals surface area (Å²) >= 11 is 0. The van der Waals surface area contributed by atoms with E-state index in [-0.39, 0.29) is 31.1 Å². The largest absolute Gasteiger partial charge is 0.481 e. The fourth-order valence-corrected chi connectivity index (χ4v) is 7.65. The molecule has 3 N–H and O–H groups in total. The Labute approximate surface area is 296 Å². The number of aliphatic carboxylic acids is 1. The van der Waals surface area contributed by atoms with E-state index in [0.717, 1.165) is 65.9 Å². The third-order valence-corrected chi connectivity index (χ3v) is 10.4. The predicted molar refractivity (Wildman–Crippen MR) is 193 cm³/mol. The number of carbonyl (C=O) groups excluding carboxylic acids is 1. The lowest BCUT2D eigenvalue weighted by atomic mass is 9.98. The van der Waals surface area contributed by atoms with E-state index in [1.165, 1.54) is 38.8 Å². The fraction of sp³-hybridized carbons (Fsp3) is 0.512. The highest BCUT2D eigenvalue weighted by Crippen LogP contribution is 2.39. The number of aliphatic hydroxyl groups is 1. The van der Waals surface area contributed by atoms with Gasteiger partial charge < -0.3 is 29.9 Å². The number of benzene rings is 3. The number of likely N-dealkylation sites (tertiary alicyclic amines) is 2. The summed E-state index contributed by atoms with van der Waals surface area (Å²) in [5.41, 5.74) is 6.08. The van der Waals surface area contributed by atoms with Gasteiger partial charge in [-0.1, -0.05) is 67.1 Å². The molecule has 3 aromatic rings. The van der Waals surface area contributed by atoms with Crippen LogP contribution >= 0.6 is 0 Å². The van der Waals surface area contributed by atoms with Gasteiger partial charge in [0.1, 0.15) is 0 Å². The monoisotopic (exact) mass is 683 g/mol. The number of aliphatic hydroxyl groups excluding tert-OH is 1. The third kappa shape index (κ3) is 10.2. The van der Waals surface area contributed by atoms with Crippen molar-refractivity contribution in [2.24, 2.45) is 0 Å². The van der Waals surface area contributed by atoms with Gasteiger partial charge in [-0.2, -0.15) is 0 Å². The van der Waals surface area contributed by atoms with Gasteiger partial charge in [-0.3, -0.25) is 14.5 Å². The molecule has 0 aromatic heterocycles. The number of hydrogen-bond acceptors (Lipinski definition) is 7. The molecule has 3 aliphatic heterocycles. The summed E-state index contributed by atoms with van der Waals surface area (Å²) in [6.45, 7) is 6.04. The van der Waals surface area contributed by atoms with Gasteiger partial charge in [-0.15, -0.1) is 0 Å². The van der Waals surface area contributed by atoms with Gasteiger partial charge in [0.25, 0.3) is 0 Å². The Morgan fingerprint density at radius 3 is 2.32 bits per heavy atom. The van der Waals surface area contributed by atoms with Crippen LogP contribution < -0.4 is 5.32 Å². The van der Waals surface area contributed by atoms with Gasteiger partial charge in [0, 0.05) is 50.5 Å². The van der Waals surface area contributed by atoms with Crippen LogP contribution in [-0.2, 0) is 32.2 Å². The van der Waals surface area contributed by atoms with Crippen LogP contribution in [0.15, 0.2) is 72.8 Å². The first-order valence-corrected chi connectivity index (χ1v) is 18.6. The molecular formula is C41H53N3O6. The molecule has 0 saturated carbocycles. The van der Waals surface area contributed by atoms with E-state index in [0.29, 0.717) is 31.8 Å². The molecule has 9 heteroatoms. The number of amides is 1. The van der Waals surface area contributed by atoms with E-state index >= 15 is 0 Å². The fourth-order valence-electron chi connectivity index (χ4n) is 7.65. The highest BCUT2D eigenvalue weighted by atomic mass is 16.7. The minimum absolute atomic E-state index is 0.0169. The lowest BCUT2D eigenvalue weighted by Crippen LogP contribution is -2.45. The Balaban J connectivity index is 1.13. The van der Waals surface area contributed by atoms with E-state index in [4.69, 9.17) is 14.6 Å². The van der Waals surface area contributed by atoms with Crippen molar-refractivity contribution in [3.63, 3.8) is 0 Å². The normalized spacial score (nSPS) is 22.9. The first-order chi connectivity index (χ1) is 24.4. The van der Waals surface area contributed by atoms with E-state index in [9.17, 15) is 14.7 Å². The summed E-state index contributed by atoms with van der Waals surface area (Å²) < 4.78 is 13.5. The molecule has 0 radical (unpaired) electrons. The average molecular weight is 684 g/mol. The molecule has 0 bridgehead atoms. The molecule has 3 aliphatic rings. The highest BCUT2D eigenvalue weighted by molar-refractivity contribution is 5.76. The molecule has 0 aliphatic carbocycles. The topological polar surface area (TPSA) is 112 Å². The van der Waals surface area contributed by atoms with Crippen LogP contribution in [0.3, 0.4) is 0 Å². The van der Waals surface area contributed by atoms with Gasteiger partial charge in [0.15, 0.2) is 6.29 Å². The number of nitrogens with one attached hydrogen (secondary N) is 1. The molecule has 0 spiro atoms. The number of hydrogen-bond donors (Lipinski definition) is 3. The Morgan fingerprint density at radius 2 is 1.54 bits per heavy atom. The maximum Gasteiger partial charge on any atom is 0.303 e. The molecule has 268 valence electrons. The molecule has 3 fully saturated rings. The molecule has 6 rings (SSSR count). The molecule has 50 heavy (non-hydrogen) atoms. The van der Waals surface area contributed by atoms with Crippen LogP contribution in [-0.4, -0.2) is 76.8 Å². The Morgan fingerprint density at radius 1 is 0.780 bits per heavy atom. The number of carboxylic acid groups (broad SMARTS) is 1. The number of nitrogens with zero attached hydrogens (tertiary/aromatic N) is 2. The molecule has 1 amide bonds. The summed E-state index contributed by atoms with van der Waals surface area (Å²) in [6.07, 6.45) is 7.80. The summed E-state index contributed by atoms with van der Waals surface area (Å²) in [5.74, 6) is -0.818. The summed E-state index contributed by atoms with van der Waals surface area (Å²) in [5, 5.41) is 21.4. The second-order valence-electron chi connectivity index (χ2n) is 14.2. The lowest BCUT2D eigenvalue weighted by Gasteiger charge is -2.39. The molecule has 3 saturated heterocycles. The van der Waals surface area contributed by atoms with Gasteiger partial charge >= 0.3 is 5.97 Å². The smallest absolute Gasteiger partial charge is 0.303 e. The Hall–Kier alpha value is -3.60. The first kappa shape index (κ1) is 36.2. The van der Waals surface area contributed by atoms with Crippen molar-refractivity contribution in [2.45, 2.75) is 102 Å². The SMILES string of the molecule is O=C(O)CCCCCC(=O)NCc1cccc(-c2cccc([C@@H]3O[C@H](CN4CCC[C@H]4CN4CCCC4)C[C@H](c4ccc(CO)cc4)O3)c2)c1. The molecule has 3 aromatic carbocycles. The van der Waals surface area contributed by atoms with Crippen LogP contribution in [0.4, 0.5) is 0 Å². The molecule has 9 nitrogen and oxygen atoms in total. The number of unbranched alkanes of at least 4 members (excludes halogenated alkanes) is 2. The lowest BCUT2D eigenvalue weighted by molar-refractivity contribution is -0.253. The van der Waals surface area contributed by atoms with Crippen molar-refractivity contribution in [3.8, 4) is 11.1 Å². The maximum absolute atomic E-state index is 12.4. The molecular weight excluding hydrogens is 630 g/mol. The average Bonchev–Trinajstić information content (AvgIpc) is 3.83. The summed E-state index contributed by atoms with van der Waals surface area (Å²) in [7, 11) is 0. The number of rotatable bonds is 16. The van der Waals surface area contributed by atoms with Crippen molar-refractivity contribution < 1.29 is 29.3 Å². The van der Waals surface area contributed by atoms with Crippen molar-refractivity contribution in [2.75, 3.05) is 32.7 Å². The van der Waals surface area contributed by atoms with Gasteiger partial charge in [0.05, 0.1) is 18.8 Å². The van der Waals surface area contributed by atoms with Crippen molar-refractivity contribution in [1.29, 1.82) is 0 Å². The van der Waals surface area contributed by atoms with Gasteiger partial charge in [-0.25, -0.2) is 0 Å². The van der Waals surface area contributed by atoms with Crippen LogP contribution in [0.1, 0.15) is 98.9 Å². The van der Waals surface area contributed by atoms with Gasteiger partial charge in [0.2, 0.25) is 5.91 Å². The van der Waals surface area contributed by atoms with E-state index in [1.807, 2.05) is 24.3 Å². The van der Waals surface area contributed by atoms with E-state index in [1.54, 1.807) is 0 Å². The van der Waals surface area contributed by atoms with Gasteiger partial charge in [-0.05, 0) is 98.1 Å². The van der Waals surface area contributed by atoms with E-state index < -0.39 is 12.3 Å². The minimum Gasteiger partial charge on any atom is -0.481 e. The maximum atomic E-state index is 12.4. The number of ether oxygens (including phenoxy) is 2. The second kappa shape index (κ2) is 18.1. The Kier molecular flexibility index (Phi) is 13.1. The van der Waals surface area contributed by atoms with Crippen molar-refractivity contribution in [1.82, 2.24) is 15.1 Å². The number of carbonyl (C=O) groups is 2. The van der Waals surface area contributed by atoms with Crippen LogP contribution in [0, 0.1) is 0 Å². The number of carboxylic acids is 1. The second-order valence-corrected chi connectivity index (χ2v) is 14.2. The quantitative estimate of drug-likeness (QED) is 0.145. The first-order valence-electron chi connectivity index (χ1n) is 18.6. The zero-order chi connectivity index (χ0) is 34.7. The molecule has 4 atom stereocenters. The zero-order valence-corrected chi connectivity index (χ0v) is 29.2. The van der Waals surface area contributed by atoms with Crippen molar-refractivity contribution >= 4 is 11.9 Å². The predicted octanol–water partition coefficient (Wildman–Crippen LogP) is 6.60. The Bertz CT molecular complexity index is 1540. The summed E-state index contributed by atoms with van der Waals surface area (Å²) in [6, 6.07) is 25.3. The van der Waals surface area contributed by atoms with Crippen LogP contribution in [0.25, 0.3) is 11.1 Å². The molecule has 0 unspecified atom stereocenters.